The largest absolute Gasteiger partial charge is 0.212 e. The highest BCUT2D eigenvalue weighted by molar-refractivity contribution is 5.18. The zero-order chi connectivity index (χ0) is 10.1. The van der Waals surface area contributed by atoms with E-state index in [1.807, 2.05) is 13.8 Å². The van der Waals surface area contributed by atoms with Crippen molar-refractivity contribution in [3.8, 4) is 0 Å². The van der Waals surface area contributed by atoms with Gasteiger partial charge in [-0.15, -0.1) is 0 Å². The summed E-state index contributed by atoms with van der Waals surface area (Å²) >= 11 is 0. The summed E-state index contributed by atoms with van der Waals surface area (Å²) in [7, 11) is 0. The van der Waals surface area contributed by atoms with E-state index in [1.54, 1.807) is 20.8 Å². The van der Waals surface area contributed by atoms with Crippen LogP contribution in [0.5, 0.6) is 0 Å². The molecular formula is C10H18F2. The van der Waals surface area contributed by atoms with Crippen LogP contribution in [0.2, 0.25) is 0 Å². The number of allylic oxidation sites excluding steroid dienone is 4. The van der Waals surface area contributed by atoms with Crippen molar-refractivity contribution >= 4 is 0 Å². The Morgan fingerprint density at radius 2 is 1.58 bits per heavy atom. The van der Waals surface area contributed by atoms with Gasteiger partial charge in [0.05, 0.1) is 0 Å². The van der Waals surface area contributed by atoms with Gasteiger partial charge in [-0.3, -0.25) is 0 Å². The molecule has 0 aromatic carbocycles. The fraction of sp³-hybridized carbons (Fsp3) is 0.600. The first-order chi connectivity index (χ1) is 5.57. The summed E-state index contributed by atoms with van der Waals surface area (Å²) < 4.78 is 24.9. The number of rotatable bonds is 2. The molecule has 0 aromatic rings. The first kappa shape index (κ1) is 13.9. The van der Waals surface area contributed by atoms with Gasteiger partial charge in [0.25, 0.3) is 0 Å². The normalized spacial score (nSPS) is 10.1. The average molecular weight is 176 g/mol. The molecule has 0 heterocycles. The van der Waals surface area contributed by atoms with Gasteiger partial charge in [-0.2, -0.15) is 0 Å². The Bertz CT molecular complexity index is 163. The van der Waals surface area contributed by atoms with Crippen molar-refractivity contribution in [1.82, 2.24) is 0 Å². The molecule has 0 saturated carbocycles. The number of halogens is 2. The van der Waals surface area contributed by atoms with Crippen LogP contribution >= 0.6 is 0 Å². The predicted octanol–water partition coefficient (Wildman–Crippen LogP) is 4.54. The molecule has 0 bridgehead atoms. The zero-order valence-electron chi connectivity index (χ0n) is 8.54. The summed E-state index contributed by atoms with van der Waals surface area (Å²) in [5.74, 6) is -0.891. The molecule has 0 amide bonds. The maximum Gasteiger partial charge on any atom is 0.124 e. The van der Waals surface area contributed by atoms with Crippen LogP contribution in [0, 0.1) is 0 Å². The highest BCUT2D eigenvalue weighted by atomic mass is 19.1. The van der Waals surface area contributed by atoms with Crippen LogP contribution in [0.4, 0.5) is 8.78 Å². The molecule has 0 nitrogen and oxygen atoms in total. The zero-order valence-corrected chi connectivity index (χ0v) is 8.54. The van der Waals surface area contributed by atoms with Gasteiger partial charge in [-0.05, 0) is 25.8 Å². The minimum atomic E-state index is -0.473. The lowest BCUT2D eigenvalue weighted by Gasteiger charge is -1.91. The Hall–Kier alpha value is -0.660. The second-order valence-electron chi connectivity index (χ2n) is 2.29. The van der Waals surface area contributed by atoms with Crippen LogP contribution < -0.4 is 0 Å². The Labute approximate surface area is 74.0 Å². The molecule has 0 atom stereocenters. The molecule has 0 aliphatic heterocycles. The van der Waals surface area contributed by atoms with Crippen molar-refractivity contribution in [2.45, 2.75) is 41.0 Å². The monoisotopic (exact) mass is 176 g/mol. The standard InChI is InChI=1S/C8H12F2.C2H6/c1-4-7(9)5-8(10)6(2)3;1-2/h5H,4H2,1-3H3;1-2H3/b7-5+;. The van der Waals surface area contributed by atoms with Crippen LogP contribution in [-0.4, -0.2) is 0 Å². The Balaban J connectivity index is 0. The molecule has 12 heavy (non-hydrogen) atoms. The third-order valence-corrected chi connectivity index (χ3v) is 1.10. The van der Waals surface area contributed by atoms with E-state index in [0.29, 0.717) is 5.57 Å². The lowest BCUT2D eigenvalue weighted by molar-refractivity contribution is 0.584. The van der Waals surface area contributed by atoms with Crippen LogP contribution in [0.1, 0.15) is 41.0 Å². The SMILES string of the molecule is CC.CC/C(F)=C\C(F)=C(C)C. The van der Waals surface area contributed by atoms with E-state index in [4.69, 9.17) is 0 Å². The second kappa shape index (κ2) is 8.44. The molecule has 0 N–H and O–H groups in total. The highest BCUT2D eigenvalue weighted by Gasteiger charge is 1.95. The van der Waals surface area contributed by atoms with Gasteiger partial charge in [0, 0.05) is 6.08 Å². The van der Waals surface area contributed by atoms with Gasteiger partial charge in [-0.25, -0.2) is 8.78 Å². The minimum Gasteiger partial charge on any atom is -0.212 e. The molecule has 72 valence electrons. The summed E-state index contributed by atoms with van der Waals surface area (Å²) in [5, 5.41) is 0. The molecule has 0 aromatic heterocycles. The number of hydrogen-bond acceptors (Lipinski definition) is 0. The van der Waals surface area contributed by atoms with Crippen molar-refractivity contribution in [3.63, 3.8) is 0 Å². The Morgan fingerprint density at radius 3 is 1.83 bits per heavy atom. The lowest BCUT2D eigenvalue weighted by atomic mass is 10.2. The summed E-state index contributed by atoms with van der Waals surface area (Å²) in [6.07, 6.45) is 1.18. The molecule has 0 spiro atoms. The summed E-state index contributed by atoms with van der Waals surface area (Å²) in [4.78, 5) is 0. The molecule has 0 aliphatic rings. The van der Waals surface area contributed by atoms with Crippen LogP contribution in [0.15, 0.2) is 23.3 Å². The predicted molar refractivity (Wildman–Crippen MR) is 50.3 cm³/mol. The number of hydrogen-bond donors (Lipinski definition) is 0. The van der Waals surface area contributed by atoms with Crippen molar-refractivity contribution < 1.29 is 8.78 Å². The average Bonchev–Trinajstić information content (AvgIpc) is 2.07. The van der Waals surface area contributed by atoms with Crippen LogP contribution in [-0.2, 0) is 0 Å². The van der Waals surface area contributed by atoms with Crippen molar-refractivity contribution in [2.24, 2.45) is 0 Å². The van der Waals surface area contributed by atoms with E-state index in [-0.39, 0.29) is 6.42 Å². The molecule has 0 fully saturated rings. The van der Waals surface area contributed by atoms with Gasteiger partial charge >= 0.3 is 0 Å². The fourth-order valence-electron chi connectivity index (χ4n) is 0.384. The summed E-state index contributed by atoms with van der Waals surface area (Å²) in [6.45, 7) is 8.85. The van der Waals surface area contributed by atoms with Crippen molar-refractivity contribution in [3.05, 3.63) is 23.3 Å². The van der Waals surface area contributed by atoms with Gasteiger partial charge in [0.15, 0.2) is 0 Å². The summed E-state index contributed by atoms with van der Waals surface area (Å²) in [6, 6.07) is 0. The second-order valence-corrected chi connectivity index (χ2v) is 2.29. The van der Waals surface area contributed by atoms with E-state index < -0.39 is 11.7 Å². The maximum absolute atomic E-state index is 12.5. The highest BCUT2D eigenvalue weighted by Crippen LogP contribution is 2.11. The smallest absolute Gasteiger partial charge is 0.124 e. The molecular weight excluding hydrogens is 158 g/mol. The van der Waals surface area contributed by atoms with Crippen LogP contribution in [0.25, 0.3) is 0 Å². The van der Waals surface area contributed by atoms with Gasteiger partial charge in [0.2, 0.25) is 0 Å². The van der Waals surface area contributed by atoms with Crippen molar-refractivity contribution in [1.29, 1.82) is 0 Å². The van der Waals surface area contributed by atoms with E-state index in [1.165, 1.54) is 0 Å². The molecule has 0 aliphatic carbocycles. The topological polar surface area (TPSA) is 0 Å². The first-order valence-corrected chi connectivity index (χ1v) is 4.27. The molecule has 2 heteroatoms. The maximum atomic E-state index is 12.5. The van der Waals surface area contributed by atoms with Gasteiger partial charge in [0.1, 0.15) is 11.7 Å². The minimum absolute atomic E-state index is 0.251. The third-order valence-electron chi connectivity index (χ3n) is 1.10. The van der Waals surface area contributed by atoms with Gasteiger partial charge < -0.3 is 0 Å². The van der Waals surface area contributed by atoms with E-state index in [2.05, 4.69) is 0 Å². The Morgan fingerprint density at radius 1 is 1.17 bits per heavy atom. The van der Waals surface area contributed by atoms with E-state index in [0.717, 1.165) is 6.08 Å². The van der Waals surface area contributed by atoms with Gasteiger partial charge in [-0.1, -0.05) is 20.8 Å². The first-order valence-electron chi connectivity index (χ1n) is 4.27. The molecule has 0 radical (unpaired) electrons. The summed E-state index contributed by atoms with van der Waals surface area (Å²) in [5.41, 5.74) is 0.503. The van der Waals surface area contributed by atoms with E-state index >= 15 is 0 Å². The third kappa shape index (κ3) is 7.45. The molecule has 0 rings (SSSR count). The van der Waals surface area contributed by atoms with Crippen molar-refractivity contribution in [2.75, 3.05) is 0 Å². The molecule has 0 unspecified atom stereocenters. The van der Waals surface area contributed by atoms with E-state index in [9.17, 15) is 8.78 Å². The Kier molecular flexibility index (Phi) is 9.77. The fourth-order valence-corrected chi connectivity index (χ4v) is 0.384. The van der Waals surface area contributed by atoms with Crippen LogP contribution in [0.3, 0.4) is 0 Å². The quantitative estimate of drug-likeness (QED) is 0.542. The molecule has 0 saturated heterocycles. The lowest BCUT2D eigenvalue weighted by Crippen LogP contribution is -1.74.